The first-order chi connectivity index (χ1) is 13.8. The summed E-state index contributed by atoms with van der Waals surface area (Å²) >= 11 is 1.17. The molecule has 2 aromatic rings. The molecule has 0 unspecified atom stereocenters. The number of nitrogens with zero attached hydrogens (tertiary/aromatic N) is 2. The number of aliphatic hydroxyl groups is 1. The van der Waals surface area contributed by atoms with Crippen molar-refractivity contribution in [3.05, 3.63) is 36.2 Å². The lowest BCUT2D eigenvalue weighted by Crippen LogP contribution is -2.33. The molecule has 0 aliphatic heterocycles. The minimum absolute atomic E-state index is 0.00233. The number of nitrogens with one attached hydrogen (secondary N) is 3. The van der Waals surface area contributed by atoms with Crippen LogP contribution in [0.4, 0.5) is 11.4 Å². The Morgan fingerprint density at radius 1 is 1.10 bits per heavy atom. The fraction of sp³-hybridized carbons (Fsp3) is 0.368. The average molecular weight is 420 g/mol. The van der Waals surface area contributed by atoms with Crippen molar-refractivity contribution in [1.82, 2.24) is 14.9 Å². The van der Waals surface area contributed by atoms with Crippen molar-refractivity contribution in [2.75, 3.05) is 16.4 Å². The van der Waals surface area contributed by atoms with Crippen molar-refractivity contribution in [2.45, 2.75) is 45.1 Å². The van der Waals surface area contributed by atoms with Gasteiger partial charge in [0.2, 0.25) is 17.7 Å². The van der Waals surface area contributed by atoms with Crippen molar-refractivity contribution >= 4 is 40.9 Å². The van der Waals surface area contributed by atoms with Crippen LogP contribution in [-0.2, 0) is 27.5 Å². The van der Waals surface area contributed by atoms with Gasteiger partial charge in [0.25, 0.3) is 0 Å². The lowest BCUT2D eigenvalue weighted by Gasteiger charge is -2.13. The van der Waals surface area contributed by atoms with E-state index in [1.54, 1.807) is 28.8 Å². The molecule has 1 aromatic carbocycles. The largest absolute Gasteiger partial charge is 0.390 e. The molecular weight excluding hydrogens is 394 g/mol. The standard InChI is InChI=1S/C19H25N5O4S/c1-12(2)21-17(27)9-24-16(10-25)8-20-19(24)29-11-18(28)23-15-6-4-14(5-7-15)22-13(3)26/h4-8,12,25H,9-11H2,1-3H3,(H,21,27)(H,22,26)(H,23,28). The summed E-state index contributed by atoms with van der Waals surface area (Å²) in [5, 5.41) is 18.1. The van der Waals surface area contributed by atoms with Gasteiger partial charge in [-0.05, 0) is 38.1 Å². The van der Waals surface area contributed by atoms with Crippen LogP contribution in [0.15, 0.2) is 35.6 Å². The molecule has 29 heavy (non-hydrogen) atoms. The van der Waals surface area contributed by atoms with E-state index in [4.69, 9.17) is 0 Å². The van der Waals surface area contributed by atoms with Gasteiger partial charge in [-0.3, -0.25) is 14.4 Å². The summed E-state index contributed by atoms with van der Waals surface area (Å²) in [4.78, 5) is 39.5. The molecule has 9 nitrogen and oxygen atoms in total. The predicted molar refractivity (Wildman–Crippen MR) is 112 cm³/mol. The quantitative estimate of drug-likeness (QED) is 0.458. The Morgan fingerprint density at radius 2 is 1.72 bits per heavy atom. The summed E-state index contributed by atoms with van der Waals surface area (Å²) in [6, 6.07) is 6.77. The topological polar surface area (TPSA) is 125 Å². The molecule has 2 rings (SSSR count). The molecule has 10 heteroatoms. The molecule has 3 amide bonds. The molecule has 0 spiro atoms. The zero-order chi connectivity index (χ0) is 21.4. The number of amides is 3. The van der Waals surface area contributed by atoms with Crippen molar-refractivity contribution < 1.29 is 19.5 Å². The van der Waals surface area contributed by atoms with E-state index in [0.717, 1.165) is 0 Å². The second-order valence-corrected chi connectivity index (χ2v) is 7.54. The zero-order valence-electron chi connectivity index (χ0n) is 16.6. The van der Waals surface area contributed by atoms with Crippen LogP contribution in [0.1, 0.15) is 26.5 Å². The molecule has 0 saturated carbocycles. The van der Waals surface area contributed by atoms with E-state index in [0.29, 0.717) is 22.2 Å². The van der Waals surface area contributed by atoms with Gasteiger partial charge in [0.15, 0.2) is 5.16 Å². The molecule has 0 aliphatic rings. The normalized spacial score (nSPS) is 10.7. The highest BCUT2D eigenvalue weighted by Crippen LogP contribution is 2.20. The van der Waals surface area contributed by atoms with Gasteiger partial charge >= 0.3 is 0 Å². The number of hydrogen-bond acceptors (Lipinski definition) is 6. The predicted octanol–water partition coefficient (Wildman–Crippen LogP) is 1.59. The highest BCUT2D eigenvalue weighted by Gasteiger charge is 2.15. The lowest BCUT2D eigenvalue weighted by molar-refractivity contribution is -0.122. The average Bonchev–Trinajstić information content (AvgIpc) is 3.02. The van der Waals surface area contributed by atoms with Crippen LogP contribution in [0.5, 0.6) is 0 Å². The molecule has 1 aromatic heterocycles. The summed E-state index contributed by atoms with van der Waals surface area (Å²) < 4.78 is 1.60. The van der Waals surface area contributed by atoms with Gasteiger partial charge in [0.05, 0.1) is 24.3 Å². The lowest BCUT2D eigenvalue weighted by atomic mass is 10.3. The maximum Gasteiger partial charge on any atom is 0.240 e. The molecule has 0 fully saturated rings. The number of carbonyl (C=O) groups is 3. The number of thioether (sulfide) groups is 1. The first-order valence-corrected chi connectivity index (χ1v) is 10.0. The van der Waals surface area contributed by atoms with Gasteiger partial charge in [-0.2, -0.15) is 0 Å². The Hall–Kier alpha value is -2.85. The van der Waals surface area contributed by atoms with Crippen LogP contribution in [0, 0.1) is 0 Å². The van der Waals surface area contributed by atoms with Crippen molar-refractivity contribution in [1.29, 1.82) is 0 Å². The molecule has 0 saturated heterocycles. The van der Waals surface area contributed by atoms with Crippen molar-refractivity contribution in [3.63, 3.8) is 0 Å². The first-order valence-electron chi connectivity index (χ1n) is 9.03. The number of benzene rings is 1. The molecule has 0 bridgehead atoms. The number of anilines is 2. The highest BCUT2D eigenvalue weighted by molar-refractivity contribution is 7.99. The minimum Gasteiger partial charge on any atom is -0.390 e. The highest BCUT2D eigenvalue weighted by atomic mass is 32.2. The Labute approximate surface area is 173 Å². The summed E-state index contributed by atoms with van der Waals surface area (Å²) in [7, 11) is 0. The number of imidazole rings is 1. The fourth-order valence-electron chi connectivity index (χ4n) is 2.48. The second kappa shape index (κ2) is 10.6. The molecular formula is C19H25N5O4S. The SMILES string of the molecule is CC(=O)Nc1ccc(NC(=O)CSc2ncc(CO)n2CC(=O)NC(C)C)cc1. The van der Waals surface area contributed by atoms with Crippen molar-refractivity contribution in [3.8, 4) is 0 Å². The first kappa shape index (κ1) is 22.4. The molecule has 4 N–H and O–H groups in total. The summed E-state index contributed by atoms with van der Waals surface area (Å²) in [5.74, 6) is -0.522. The van der Waals surface area contributed by atoms with E-state index < -0.39 is 0 Å². The minimum atomic E-state index is -0.255. The Morgan fingerprint density at radius 3 is 2.28 bits per heavy atom. The molecule has 156 valence electrons. The number of hydrogen-bond donors (Lipinski definition) is 4. The van der Waals surface area contributed by atoms with Crippen LogP contribution in [0.25, 0.3) is 0 Å². The fourth-order valence-corrected chi connectivity index (χ4v) is 3.28. The zero-order valence-corrected chi connectivity index (χ0v) is 17.4. The Balaban J connectivity index is 1.95. The molecule has 0 aliphatic carbocycles. The smallest absolute Gasteiger partial charge is 0.240 e. The van der Waals surface area contributed by atoms with E-state index in [2.05, 4.69) is 20.9 Å². The van der Waals surface area contributed by atoms with Crippen LogP contribution >= 0.6 is 11.8 Å². The summed E-state index contributed by atoms with van der Waals surface area (Å²) in [5.41, 5.74) is 1.74. The third-order valence-corrected chi connectivity index (χ3v) is 4.63. The van der Waals surface area contributed by atoms with Crippen LogP contribution in [0.2, 0.25) is 0 Å². The van der Waals surface area contributed by atoms with Gasteiger partial charge in [0, 0.05) is 24.3 Å². The maximum absolute atomic E-state index is 12.2. The van der Waals surface area contributed by atoms with E-state index in [1.165, 1.54) is 24.9 Å². The number of aliphatic hydroxyl groups excluding tert-OH is 1. The number of rotatable bonds is 9. The monoisotopic (exact) mass is 419 g/mol. The maximum atomic E-state index is 12.2. The Bertz CT molecular complexity index is 864. The van der Waals surface area contributed by atoms with Gasteiger partial charge < -0.3 is 25.6 Å². The van der Waals surface area contributed by atoms with Crippen LogP contribution in [0.3, 0.4) is 0 Å². The van der Waals surface area contributed by atoms with Gasteiger partial charge in [-0.25, -0.2) is 4.98 Å². The Kier molecular flexibility index (Phi) is 8.22. The van der Waals surface area contributed by atoms with Crippen LogP contribution < -0.4 is 16.0 Å². The summed E-state index contributed by atoms with van der Waals surface area (Å²) in [6.07, 6.45) is 1.49. The van der Waals surface area contributed by atoms with Crippen LogP contribution in [-0.4, -0.2) is 44.2 Å². The third-order valence-electron chi connectivity index (χ3n) is 3.64. The third kappa shape index (κ3) is 7.24. The second-order valence-electron chi connectivity index (χ2n) is 6.59. The summed E-state index contributed by atoms with van der Waals surface area (Å²) in [6.45, 7) is 4.91. The van der Waals surface area contributed by atoms with Gasteiger partial charge in [0.1, 0.15) is 6.54 Å². The molecule has 0 atom stereocenters. The van der Waals surface area contributed by atoms with E-state index in [1.807, 2.05) is 13.8 Å². The van der Waals surface area contributed by atoms with Gasteiger partial charge in [-0.1, -0.05) is 11.8 Å². The molecule has 1 heterocycles. The van der Waals surface area contributed by atoms with Crippen molar-refractivity contribution in [2.24, 2.45) is 0 Å². The van der Waals surface area contributed by atoms with Gasteiger partial charge in [-0.15, -0.1) is 0 Å². The van der Waals surface area contributed by atoms with E-state index in [9.17, 15) is 19.5 Å². The molecule has 0 radical (unpaired) electrons. The van der Waals surface area contributed by atoms with E-state index >= 15 is 0 Å². The van der Waals surface area contributed by atoms with E-state index in [-0.39, 0.29) is 42.7 Å². The number of carbonyl (C=O) groups excluding carboxylic acids is 3. The number of aromatic nitrogens is 2.